The predicted octanol–water partition coefficient (Wildman–Crippen LogP) is 2.85. The number of ketones is 1. The summed E-state index contributed by atoms with van der Waals surface area (Å²) in [5.74, 6) is 0.614. The van der Waals surface area contributed by atoms with E-state index in [0.717, 1.165) is 43.1 Å². The van der Waals surface area contributed by atoms with E-state index >= 15 is 0 Å². The molecule has 1 fully saturated rings. The minimum absolute atomic E-state index is 0.0237. The number of hydrogen-bond acceptors (Lipinski definition) is 5. The van der Waals surface area contributed by atoms with Crippen molar-refractivity contribution in [3.63, 3.8) is 0 Å². The number of nitrogens with zero attached hydrogens (tertiary/aromatic N) is 3. The van der Waals surface area contributed by atoms with Crippen molar-refractivity contribution in [3.05, 3.63) is 27.6 Å². The monoisotopic (exact) mass is 332 g/mol. The molecule has 1 amide bonds. The Morgan fingerprint density at radius 1 is 1.22 bits per heavy atom. The summed E-state index contributed by atoms with van der Waals surface area (Å²) in [7, 11) is 1.88. The molecule has 0 unspecified atom stereocenters. The van der Waals surface area contributed by atoms with Gasteiger partial charge in [-0.25, -0.2) is 0 Å². The molecule has 7 heteroatoms. The van der Waals surface area contributed by atoms with Gasteiger partial charge in [0.2, 0.25) is 0 Å². The summed E-state index contributed by atoms with van der Waals surface area (Å²) < 4.78 is 1.79. The van der Waals surface area contributed by atoms with Gasteiger partial charge in [-0.1, -0.05) is 0 Å². The third-order valence-electron chi connectivity index (χ3n) is 4.14. The van der Waals surface area contributed by atoms with Crippen LogP contribution in [0.15, 0.2) is 12.1 Å². The van der Waals surface area contributed by atoms with Gasteiger partial charge in [0.25, 0.3) is 5.91 Å². The number of Topliss-reactive ketones (excluding diaryl/α,β-unsaturated/α-hetero) is 1. The van der Waals surface area contributed by atoms with E-state index < -0.39 is 0 Å². The highest BCUT2D eigenvalue weighted by Gasteiger charge is 2.23. The maximum Gasteiger partial charge on any atom is 0.265 e. The van der Waals surface area contributed by atoms with Crippen LogP contribution in [0, 0.1) is 6.92 Å². The second-order valence-electron chi connectivity index (χ2n) is 5.78. The molecular formula is C16H20N4O2S. The van der Waals surface area contributed by atoms with Crippen LogP contribution in [0.4, 0.5) is 11.5 Å². The first-order valence-electron chi connectivity index (χ1n) is 7.68. The zero-order chi connectivity index (χ0) is 16.6. The molecule has 23 heavy (non-hydrogen) atoms. The second kappa shape index (κ2) is 6.16. The van der Waals surface area contributed by atoms with E-state index in [-0.39, 0.29) is 11.7 Å². The van der Waals surface area contributed by atoms with Gasteiger partial charge in [0.1, 0.15) is 5.69 Å². The van der Waals surface area contributed by atoms with Gasteiger partial charge < -0.3 is 10.2 Å². The summed E-state index contributed by atoms with van der Waals surface area (Å²) in [5, 5.41) is 7.53. The lowest BCUT2D eigenvalue weighted by atomic mass is 10.3. The van der Waals surface area contributed by atoms with Crippen LogP contribution in [0.1, 0.15) is 44.8 Å². The van der Waals surface area contributed by atoms with Crippen molar-refractivity contribution in [3.8, 4) is 0 Å². The van der Waals surface area contributed by atoms with Crippen molar-refractivity contribution in [2.75, 3.05) is 23.3 Å². The number of anilines is 2. The lowest BCUT2D eigenvalue weighted by molar-refractivity contribution is 0.101. The Kier molecular flexibility index (Phi) is 4.21. The SMILES string of the molecule is CC(=O)c1ccc(C(=O)Nc2c(N3CCCC3)nn(C)c2C)s1. The van der Waals surface area contributed by atoms with Crippen LogP contribution >= 0.6 is 11.3 Å². The van der Waals surface area contributed by atoms with Gasteiger partial charge in [0.05, 0.1) is 15.4 Å². The fraction of sp³-hybridized carbons (Fsp3) is 0.438. The van der Waals surface area contributed by atoms with Crippen molar-refractivity contribution in [2.45, 2.75) is 26.7 Å². The third kappa shape index (κ3) is 3.01. The molecular weight excluding hydrogens is 312 g/mol. The van der Waals surface area contributed by atoms with Crippen LogP contribution in [0.5, 0.6) is 0 Å². The molecule has 1 saturated heterocycles. The highest BCUT2D eigenvalue weighted by atomic mass is 32.1. The number of rotatable bonds is 4. The van der Waals surface area contributed by atoms with Crippen molar-refractivity contribution in [1.82, 2.24) is 9.78 Å². The number of aryl methyl sites for hydroxylation is 1. The Balaban J connectivity index is 1.86. The van der Waals surface area contributed by atoms with Crippen molar-refractivity contribution in [1.29, 1.82) is 0 Å². The number of hydrogen-bond donors (Lipinski definition) is 1. The van der Waals surface area contributed by atoms with Gasteiger partial charge in [-0.05, 0) is 38.8 Å². The summed E-state index contributed by atoms with van der Waals surface area (Å²) in [5.41, 5.74) is 1.68. The van der Waals surface area contributed by atoms with E-state index in [4.69, 9.17) is 0 Å². The third-order valence-corrected chi connectivity index (χ3v) is 5.32. The van der Waals surface area contributed by atoms with Crippen LogP contribution in [-0.4, -0.2) is 34.6 Å². The Morgan fingerprint density at radius 2 is 1.87 bits per heavy atom. The fourth-order valence-electron chi connectivity index (χ4n) is 2.71. The van der Waals surface area contributed by atoms with Gasteiger partial charge in [-0.3, -0.25) is 14.3 Å². The number of nitrogens with one attached hydrogen (secondary N) is 1. The van der Waals surface area contributed by atoms with E-state index in [2.05, 4.69) is 15.3 Å². The average molecular weight is 332 g/mol. The molecule has 0 spiro atoms. The van der Waals surface area contributed by atoms with Crippen LogP contribution in [0.25, 0.3) is 0 Å². The molecule has 0 radical (unpaired) electrons. The lowest BCUT2D eigenvalue weighted by Crippen LogP contribution is -2.21. The summed E-state index contributed by atoms with van der Waals surface area (Å²) in [6.45, 7) is 5.38. The zero-order valence-electron chi connectivity index (χ0n) is 13.5. The first-order chi connectivity index (χ1) is 11.0. The fourth-order valence-corrected chi connectivity index (χ4v) is 3.51. The molecule has 3 rings (SSSR count). The van der Waals surface area contributed by atoms with Gasteiger partial charge >= 0.3 is 0 Å². The van der Waals surface area contributed by atoms with Crippen LogP contribution in [0.2, 0.25) is 0 Å². The summed E-state index contributed by atoms with van der Waals surface area (Å²) in [4.78, 5) is 27.2. The van der Waals surface area contributed by atoms with Gasteiger partial charge in [-0.2, -0.15) is 5.10 Å². The highest BCUT2D eigenvalue weighted by molar-refractivity contribution is 7.16. The van der Waals surface area contributed by atoms with E-state index in [1.165, 1.54) is 18.3 Å². The van der Waals surface area contributed by atoms with Crippen molar-refractivity contribution in [2.24, 2.45) is 7.05 Å². The largest absolute Gasteiger partial charge is 0.353 e. The lowest BCUT2D eigenvalue weighted by Gasteiger charge is -2.16. The van der Waals surface area contributed by atoms with Crippen LogP contribution in [0.3, 0.4) is 0 Å². The van der Waals surface area contributed by atoms with Crippen molar-refractivity contribution >= 4 is 34.5 Å². The highest BCUT2D eigenvalue weighted by Crippen LogP contribution is 2.31. The topological polar surface area (TPSA) is 67.2 Å². The number of aromatic nitrogens is 2. The molecule has 1 aliphatic heterocycles. The molecule has 2 aromatic rings. The van der Waals surface area contributed by atoms with Crippen molar-refractivity contribution < 1.29 is 9.59 Å². The molecule has 122 valence electrons. The number of carbonyl (C=O) groups is 2. The normalized spacial score (nSPS) is 14.3. The van der Waals surface area contributed by atoms with Gasteiger partial charge in [0.15, 0.2) is 11.6 Å². The quantitative estimate of drug-likeness (QED) is 0.874. The summed E-state index contributed by atoms with van der Waals surface area (Å²) in [6, 6.07) is 3.39. The molecule has 0 aliphatic carbocycles. The molecule has 1 aliphatic rings. The number of thiophene rings is 1. The Morgan fingerprint density at radius 3 is 2.48 bits per heavy atom. The van der Waals surface area contributed by atoms with E-state index in [1.807, 2.05) is 14.0 Å². The zero-order valence-corrected chi connectivity index (χ0v) is 14.4. The van der Waals surface area contributed by atoms with E-state index in [0.29, 0.717) is 9.75 Å². The van der Waals surface area contributed by atoms with Gasteiger partial charge in [-0.15, -0.1) is 11.3 Å². The minimum Gasteiger partial charge on any atom is -0.353 e. The van der Waals surface area contributed by atoms with Crippen LogP contribution in [-0.2, 0) is 7.05 Å². The molecule has 1 N–H and O–H groups in total. The minimum atomic E-state index is -0.195. The standard InChI is InChI=1S/C16H20N4O2S/c1-10-14(15(18-19(10)3)20-8-4-5-9-20)17-16(22)13-7-6-12(23-13)11(2)21/h6-7H,4-5,8-9H2,1-3H3,(H,17,22). The molecule has 0 aromatic carbocycles. The molecule has 3 heterocycles. The van der Waals surface area contributed by atoms with Crippen LogP contribution < -0.4 is 10.2 Å². The Bertz CT molecular complexity index is 756. The maximum absolute atomic E-state index is 12.5. The molecule has 2 aromatic heterocycles. The van der Waals surface area contributed by atoms with E-state index in [1.54, 1.807) is 16.8 Å². The summed E-state index contributed by atoms with van der Waals surface area (Å²) in [6.07, 6.45) is 2.30. The first kappa shape index (κ1) is 15.7. The molecule has 0 bridgehead atoms. The number of amides is 1. The Hall–Kier alpha value is -2.15. The Labute approximate surface area is 139 Å². The second-order valence-corrected chi connectivity index (χ2v) is 6.86. The van der Waals surface area contributed by atoms with E-state index in [9.17, 15) is 9.59 Å². The molecule has 0 atom stereocenters. The molecule has 0 saturated carbocycles. The maximum atomic E-state index is 12.5. The number of carbonyl (C=O) groups excluding carboxylic acids is 2. The smallest absolute Gasteiger partial charge is 0.265 e. The average Bonchev–Trinajstić information content (AvgIpc) is 3.23. The molecule has 6 nitrogen and oxygen atoms in total. The van der Waals surface area contributed by atoms with Gasteiger partial charge in [0, 0.05) is 20.1 Å². The summed E-state index contributed by atoms with van der Waals surface area (Å²) >= 11 is 1.22. The predicted molar refractivity (Wildman–Crippen MR) is 91.7 cm³/mol. The first-order valence-corrected chi connectivity index (χ1v) is 8.49.